The largest absolute Gasteiger partial charge is 0.481 e. The Morgan fingerprint density at radius 3 is 2.85 bits per heavy atom. The number of carbonyl (C=O) groups is 3. The van der Waals surface area contributed by atoms with Crippen LogP contribution in [0.25, 0.3) is 0 Å². The summed E-state index contributed by atoms with van der Waals surface area (Å²) >= 11 is 14.9. The van der Waals surface area contributed by atoms with E-state index in [4.69, 9.17) is 33.0 Å². The average Bonchev–Trinajstić information content (AvgIpc) is 3.28. The van der Waals surface area contributed by atoms with E-state index in [2.05, 4.69) is 20.9 Å². The van der Waals surface area contributed by atoms with Crippen molar-refractivity contribution in [3.8, 4) is 0 Å². The van der Waals surface area contributed by atoms with Gasteiger partial charge < -0.3 is 25.8 Å². The van der Waals surface area contributed by atoms with Gasteiger partial charge in [-0.25, -0.2) is 0 Å². The minimum Gasteiger partial charge on any atom is -0.481 e. The zero-order chi connectivity index (χ0) is 24.5. The minimum atomic E-state index is -0.972. The number of carboxylic acids is 1. The van der Waals surface area contributed by atoms with E-state index >= 15 is 0 Å². The number of thioether (sulfide) groups is 2. The molecule has 0 spiro atoms. The van der Waals surface area contributed by atoms with Crippen LogP contribution in [0.3, 0.4) is 0 Å². The van der Waals surface area contributed by atoms with Crippen molar-refractivity contribution in [1.82, 2.24) is 20.9 Å². The Balaban J connectivity index is 1.31. The van der Waals surface area contributed by atoms with Crippen LogP contribution in [0.15, 0.2) is 29.3 Å². The first kappa shape index (κ1) is 27.0. The summed E-state index contributed by atoms with van der Waals surface area (Å²) in [5, 5.41) is 19.8. The number of carbonyl (C=O) groups excluding carboxylic acids is 2. The zero-order valence-corrected chi connectivity index (χ0v) is 21.4. The molecule has 0 radical (unpaired) electrons. The second-order valence-corrected chi connectivity index (χ2v) is 10.8. The molecule has 4 N–H and O–H groups in total. The fourth-order valence-electron chi connectivity index (χ4n) is 3.28. The van der Waals surface area contributed by atoms with Gasteiger partial charge in [-0.05, 0) is 17.7 Å². The molecule has 0 bridgehead atoms. The number of hydrogen-bond donors (Lipinski definition) is 4. The summed E-state index contributed by atoms with van der Waals surface area (Å²) < 4.78 is 5.62. The van der Waals surface area contributed by atoms with Gasteiger partial charge in [0.2, 0.25) is 5.91 Å². The third-order valence-corrected chi connectivity index (χ3v) is 8.02. The van der Waals surface area contributed by atoms with Gasteiger partial charge in [0.1, 0.15) is 10.4 Å². The molecule has 2 atom stereocenters. The van der Waals surface area contributed by atoms with Crippen LogP contribution < -0.4 is 16.0 Å². The van der Waals surface area contributed by atoms with Crippen LogP contribution in [0.5, 0.6) is 0 Å². The first-order valence-electron chi connectivity index (χ1n) is 10.6. The van der Waals surface area contributed by atoms with Crippen molar-refractivity contribution in [2.75, 3.05) is 38.5 Å². The van der Waals surface area contributed by atoms with Gasteiger partial charge in [0.25, 0.3) is 5.91 Å². The van der Waals surface area contributed by atoms with Gasteiger partial charge in [0.05, 0.1) is 34.9 Å². The normalized spacial score (nSPS) is 20.4. The molecule has 0 aliphatic carbocycles. The van der Waals surface area contributed by atoms with Gasteiger partial charge in [0.15, 0.2) is 0 Å². The van der Waals surface area contributed by atoms with Crippen LogP contribution in [0, 0.1) is 0 Å². The Morgan fingerprint density at radius 2 is 2.09 bits per heavy atom. The fraction of sp³-hybridized carbons (Fsp3) is 0.476. The molecule has 1 unspecified atom stereocenters. The van der Waals surface area contributed by atoms with Crippen molar-refractivity contribution in [3.63, 3.8) is 0 Å². The molecule has 2 amide bonds. The number of nitrogens with one attached hydrogen (secondary N) is 3. The molecule has 2 aliphatic rings. The molecule has 0 saturated carbocycles. The van der Waals surface area contributed by atoms with Gasteiger partial charge in [-0.3, -0.25) is 19.3 Å². The molecule has 13 heteroatoms. The van der Waals surface area contributed by atoms with Crippen molar-refractivity contribution in [2.24, 2.45) is 0 Å². The predicted octanol–water partition coefficient (Wildman–Crippen LogP) is 2.10. The Hall–Kier alpha value is -1.63. The van der Waals surface area contributed by atoms with Crippen LogP contribution in [0.2, 0.25) is 10.0 Å². The molecule has 2 heterocycles. The molecule has 0 aromatic heterocycles. The second kappa shape index (κ2) is 13.5. The Labute approximate surface area is 216 Å². The van der Waals surface area contributed by atoms with Gasteiger partial charge in [0, 0.05) is 38.1 Å². The van der Waals surface area contributed by atoms with Crippen molar-refractivity contribution >= 4 is 64.5 Å². The highest BCUT2D eigenvalue weighted by atomic mass is 35.5. The number of morpholine rings is 1. The number of rotatable bonds is 11. The molecule has 2 aliphatic heterocycles. The number of halogens is 2. The summed E-state index contributed by atoms with van der Waals surface area (Å²) in [5.41, 5.74) is 1.44. The number of benzene rings is 1. The van der Waals surface area contributed by atoms with Crippen molar-refractivity contribution in [3.05, 3.63) is 44.9 Å². The Bertz CT molecular complexity index is 936. The molecule has 1 saturated heterocycles. The van der Waals surface area contributed by atoms with E-state index in [1.54, 1.807) is 11.5 Å². The minimum absolute atomic E-state index is 0.0617. The predicted molar refractivity (Wildman–Crippen MR) is 135 cm³/mol. The summed E-state index contributed by atoms with van der Waals surface area (Å²) in [5.74, 6) is -1.22. The number of nitrogens with zero attached hydrogens (tertiary/aromatic N) is 1. The highest BCUT2D eigenvalue weighted by Crippen LogP contribution is 2.29. The second-order valence-electron chi connectivity index (χ2n) is 7.63. The summed E-state index contributed by atoms with van der Waals surface area (Å²) in [4.78, 5) is 37.1. The molecule has 186 valence electrons. The van der Waals surface area contributed by atoms with E-state index < -0.39 is 5.97 Å². The highest BCUT2D eigenvalue weighted by Gasteiger charge is 2.24. The van der Waals surface area contributed by atoms with E-state index in [1.807, 2.05) is 12.1 Å². The van der Waals surface area contributed by atoms with E-state index in [0.717, 1.165) is 18.7 Å². The summed E-state index contributed by atoms with van der Waals surface area (Å²) in [7, 11) is 0. The van der Waals surface area contributed by atoms with E-state index in [0.29, 0.717) is 35.4 Å². The average molecular weight is 550 g/mol. The fourth-order valence-corrected chi connectivity index (χ4v) is 5.53. The molecule has 1 aromatic carbocycles. The van der Waals surface area contributed by atoms with Gasteiger partial charge in [-0.2, -0.15) is 0 Å². The number of hydrogen-bond acceptors (Lipinski definition) is 8. The lowest BCUT2D eigenvalue weighted by Crippen LogP contribution is -2.47. The molecular weight excluding hydrogens is 523 g/mol. The maximum absolute atomic E-state index is 12.3. The van der Waals surface area contributed by atoms with Crippen LogP contribution in [-0.4, -0.2) is 77.1 Å². The molecule has 1 fully saturated rings. The first-order valence-corrected chi connectivity index (χ1v) is 13.3. The molecule has 9 nitrogen and oxygen atoms in total. The van der Waals surface area contributed by atoms with Crippen molar-refractivity contribution in [1.29, 1.82) is 0 Å². The number of aliphatic carboxylic acids is 1. The monoisotopic (exact) mass is 548 g/mol. The van der Waals surface area contributed by atoms with Crippen molar-refractivity contribution in [2.45, 2.75) is 23.8 Å². The maximum atomic E-state index is 12.3. The maximum Gasteiger partial charge on any atom is 0.305 e. The first-order chi connectivity index (χ1) is 16.3. The Morgan fingerprint density at radius 1 is 1.26 bits per heavy atom. The lowest BCUT2D eigenvalue weighted by molar-refractivity contribution is -0.136. The third-order valence-electron chi connectivity index (χ3n) is 4.96. The quantitative estimate of drug-likeness (QED) is 0.329. The molecule has 34 heavy (non-hydrogen) atoms. The van der Waals surface area contributed by atoms with Crippen LogP contribution in [-0.2, 0) is 25.7 Å². The zero-order valence-electron chi connectivity index (χ0n) is 18.2. The number of ether oxygens (including phenoxy) is 1. The van der Waals surface area contributed by atoms with Crippen molar-refractivity contribution < 1.29 is 24.2 Å². The van der Waals surface area contributed by atoms with Crippen LogP contribution in [0.1, 0.15) is 12.0 Å². The van der Waals surface area contributed by atoms with E-state index in [1.165, 1.54) is 23.5 Å². The topological polar surface area (TPSA) is 120 Å². The van der Waals surface area contributed by atoms with Crippen LogP contribution >= 0.6 is 46.7 Å². The molecular formula is C21H26Cl2N4O5S2. The standard InChI is InChI=1S/C21H26Cl2N4O5S2/c22-15-2-1-13(7-16(15)23)9-27-5-6-32-14(10-27)8-25-18(28)12-34-21-26-17(11-33-21)20(31)24-4-3-19(29)30/h1-2,7,11,14,21,26H,3-6,8-10,12H2,(H,24,31)(H,25,28)(H,29,30)/t14-,21?/m0/s1. The number of carboxylic acid groups (broad SMARTS) is 1. The van der Waals surface area contributed by atoms with Gasteiger partial charge in [-0.15, -0.1) is 11.8 Å². The molecule has 3 rings (SSSR count). The summed E-state index contributed by atoms with van der Waals surface area (Å²) in [6, 6.07) is 5.60. The lowest BCUT2D eigenvalue weighted by Gasteiger charge is -2.33. The Kier molecular flexibility index (Phi) is 10.7. The smallest absolute Gasteiger partial charge is 0.305 e. The summed E-state index contributed by atoms with van der Waals surface area (Å²) in [6.45, 7) is 3.28. The lowest BCUT2D eigenvalue weighted by atomic mass is 10.2. The van der Waals surface area contributed by atoms with Gasteiger partial charge in [-0.1, -0.05) is 41.0 Å². The van der Waals surface area contributed by atoms with Gasteiger partial charge >= 0.3 is 5.97 Å². The molecule has 1 aromatic rings. The highest BCUT2D eigenvalue weighted by molar-refractivity contribution is 8.18. The van der Waals surface area contributed by atoms with Crippen LogP contribution in [0.4, 0.5) is 0 Å². The third kappa shape index (κ3) is 8.86. The SMILES string of the molecule is O=C(O)CCNC(=O)C1=CSC(SCC(=O)NC[C@H]2CN(Cc3ccc(Cl)c(Cl)c3)CCO2)N1. The number of amides is 2. The van der Waals surface area contributed by atoms with E-state index in [9.17, 15) is 14.4 Å². The summed E-state index contributed by atoms with van der Waals surface area (Å²) in [6.07, 6.45) is -0.241. The van der Waals surface area contributed by atoms with E-state index in [-0.39, 0.29) is 41.3 Å².